The van der Waals surface area contributed by atoms with Crippen molar-refractivity contribution in [2.75, 3.05) is 0 Å². The van der Waals surface area contributed by atoms with Crippen molar-refractivity contribution in [2.24, 2.45) is 0 Å². The van der Waals surface area contributed by atoms with Crippen LogP contribution in [0.2, 0.25) is 5.02 Å². The number of hydrogen-bond acceptors (Lipinski definition) is 1. The summed E-state index contributed by atoms with van der Waals surface area (Å²) in [5.41, 5.74) is 1.28. The predicted molar refractivity (Wildman–Crippen MR) is 44.7 cm³/mol. The van der Waals surface area contributed by atoms with Crippen molar-refractivity contribution < 1.29 is 9.90 Å². The van der Waals surface area contributed by atoms with E-state index in [1.807, 2.05) is 0 Å². The topological polar surface area (TPSA) is 42.2 Å². The van der Waals surface area contributed by atoms with Gasteiger partial charge < -0.3 is 9.67 Å². The number of hydrogen-bond donors (Lipinski definition) is 1. The smallest absolute Gasteiger partial charge is 0.354 e. The van der Waals surface area contributed by atoms with Crippen LogP contribution in [0.4, 0.5) is 0 Å². The number of carboxylic acid groups (broad SMARTS) is 1. The standard InChI is InChI=1S/C8H8ClNO2/c9-6-4-5-2-1-3-10(5)7(6)8(11)12/h4H,1-3H2,(H,11,12). The van der Waals surface area contributed by atoms with Gasteiger partial charge >= 0.3 is 5.97 Å². The molecule has 0 fully saturated rings. The molecule has 0 unspecified atom stereocenters. The molecule has 2 rings (SSSR count). The van der Waals surface area contributed by atoms with Gasteiger partial charge in [-0.15, -0.1) is 0 Å². The van der Waals surface area contributed by atoms with Crippen LogP contribution in [-0.4, -0.2) is 15.6 Å². The Morgan fingerprint density at radius 3 is 3.08 bits per heavy atom. The van der Waals surface area contributed by atoms with Crippen LogP contribution in [-0.2, 0) is 13.0 Å². The molecule has 0 spiro atoms. The Balaban J connectivity index is 2.59. The van der Waals surface area contributed by atoms with E-state index >= 15 is 0 Å². The van der Waals surface area contributed by atoms with E-state index in [2.05, 4.69) is 0 Å². The van der Waals surface area contributed by atoms with E-state index in [0.717, 1.165) is 25.1 Å². The molecule has 0 aliphatic carbocycles. The summed E-state index contributed by atoms with van der Waals surface area (Å²) >= 11 is 5.76. The highest BCUT2D eigenvalue weighted by Gasteiger charge is 2.22. The number of aryl methyl sites for hydroxylation is 1. The highest BCUT2D eigenvalue weighted by atomic mass is 35.5. The molecule has 2 heterocycles. The number of halogens is 1. The fraction of sp³-hybridized carbons (Fsp3) is 0.375. The summed E-state index contributed by atoms with van der Waals surface area (Å²) in [5, 5.41) is 9.17. The molecule has 0 radical (unpaired) electrons. The van der Waals surface area contributed by atoms with Crippen LogP contribution >= 0.6 is 11.6 Å². The van der Waals surface area contributed by atoms with Crippen molar-refractivity contribution >= 4 is 17.6 Å². The summed E-state index contributed by atoms with van der Waals surface area (Å²) in [6.45, 7) is 0.781. The van der Waals surface area contributed by atoms with Crippen molar-refractivity contribution in [3.05, 3.63) is 22.5 Å². The minimum absolute atomic E-state index is 0.240. The molecule has 0 amide bonds. The highest BCUT2D eigenvalue weighted by molar-refractivity contribution is 6.33. The van der Waals surface area contributed by atoms with Gasteiger partial charge in [-0.05, 0) is 18.9 Å². The normalized spacial score (nSPS) is 14.8. The second kappa shape index (κ2) is 2.52. The fourth-order valence-electron chi connectivity index (χ4n) is 1.66. The molecule has 0 atom stereocenters. The molecule has 0 saturated heterocycles. The SMILES string of the molecule is O=C(O)c1c(Cl)cc2n1CCC2. The number of carbonyl (C=O) groups is 1. The number of aromatic carboxylic acids is 1. The van der Waals surface area contributed by atoms with Gasteiger partial charge in [0.05, 0.1) is 5.02 Å². The molecule has 0 saturated carbocycles. The average Bonchev–Trinajstić information content (AvgIpc) is 2.44. The first-order chi connectivity index (χ1) is 5.70. The Morgan fingerprint density at radius 2 is 2.42 bits per heavy atom. The summed E-state index contributed by atoms with van der Waals surface area (Å²) in [6, 6.07) is 1.75. The lowest BCUT2D eigenvalue weighted by molar-refractivity contribution is 0.0685. The number of fused-ring (bicyclic) bond motifs is 1. The third-order valence-electron chi connectivity index (χ3n) is 2.15. The zero-order valence-electron chi connectivity index (χ0n) is 6.38. The summed E-state index contributed by atoms with van der Waals surface area (Å²) in [5.74, 6) is -0.937. The summed E-state index contributed by atoms with van der Waals surface area (Å²) in [4.78, 5) is 10.7. The maximum atomic E-state index is 10.7. The van der Waals surface area contributed by atoms with Gasteiger partial charge in [0.2, 0.25) is 0 Å². The minimum atomic E-state index is -0.937. The Bertz CT molecular complexity index is 343. The second-order valence-corrected chi connectivity index (χ2v) is 3.30. The van der Waals surface area contributed by atoms with Gasteiger partial charge in [0, 0.05) is 12.2 Å². The van der Waals surface area contributed by atoms with Gasteiger partial charge in [-0.3, -0.25) is 0 Å². The number of rotatable bonds is 1. The third-order valence-corrected chi connectivity index (χ3v) is 2.44. The molecule has 1 N–H and O–H groups in total. The molecule has 3 nitrogen and oxygen atoms in total. The molecule has 1 aromatic rings. The van der Waals surface area contributed by atoms with Gasteiger partial charge in [-0.1, -0.05) is 11.6 Å². The van der Waals surface area contributed by atoms with Crippen LogP contribution in [0.5, 0.6) is 0 Å². The minimum Gasteiger partial charge on any atom is -0.477 e. The van der Waals surface area contributed by atoms with Crippen molar-refractivity contribution in [1.29, 1.82) is 0 Å². The summed E-state index contributed by atoms with van der Waals surface area (Å²) < 4.78 is 1.78. The number of carboxylic acids is 1. The lowest BCUT2D eigenvalue weighted by Gasteiger charge is -2.00. The summed E-state index contributed by atoms with van der Waals surface area (Å²) in [7, 11) is 0. The van der Waals surface area contributed by atoms with E-state index in [4.69, 9.17) is 16.7 Å². The van der Waals surface area contributed by atoms with E-state index in [-0.39, 0.29) is 5.69 Å². The number of aromatic nitrogens is 1. The van der Waals surface area contributed by atoms with Gasteiger partial charge in [-0.25, -0.2) is 4.79 Å². The van der Waals surface area contributed by atoms with E-state index in [1.54, 1.807) is 10.6 Å². The van der Waals surface area contributed by atoms with Crippen molar-refractivity contribution in [2.45, 2.75) is 19.4 Å². The molecule has 0 bridgehead atoms. The third kappa shape index (κ3) is 0.932. The first-order valence-corrected chi connectivity index (χ1v) is 4.19. The van der Waals surface area contributed by atoms with Gasteiger partial charge in [0.15, 0.2) is 0 Å². The second-order valence-electron chi connectivity index (χ2n) is 2.89. The van der Waals surface area contributed by atoms with Crippen molar-refractivity contribution in [1.82, 2.24) is 4.57 Å². The predicted octanol–water partition coefficient (Wildman–Crippen LogP) is 1.79. The molecule has 1 aromatic heterocycles. The Kier molecular flexibility index (Phi) is 1.61. The van der Waals surface area contributed by atoms with Crippen molar-refractivity contribution in [3.8, 4) is 0 Å². The fourth-order valence-corrected chi connectivity index (χ4v) is 1.97. The van der Waals surface area contributed by atoms with Gasteiger partial charge in [-0.2, -0.15) is 0 Å². The lowest BCUT2D eigenvalue weighted by atomic mass is 10.3. The van der Waals surface area contributed by atoms with Crippen LogP contribution < -0.4 is 0 Å². The number of nitrogens with zero attached hydrogens (tertiary/aromatic N) is 1. The van der Waals surface area contributed by atoms with Gasteiger partial charge in [0.1, 0.15) is 5.69 Å². The molecule has 0 aromatic carbocycles. The molecule has 12 heavy (non-hydrogen) atoms. The molecule has 64 valence electrons. The van der Waals surface area contributed by atoms with Crippen LogP contribution in [0.3, 0.4) is 0 Å². The van der Waals surface area contributed by atoms with E-state index in [9.17, 15) is 4.79 Å². The molecule has 1 aliphatic rings. The van der Waals surface area contributed by atoms with Crippen LogP contribution in [0, 0.1) is 0 Å². The first kappa shape index (κ1) is 7.68. The Hall–Kier alpha value is -0.960. The highest BCUT2D eigenvalue weighted by Crippen LogP contribution is 2.26. The van der Waals surface area contributed by atoms with E-state index in [1.165, 1.54) is 0 Å². The summed E-state index contributed by atoms with van der Waals surface area (Å²) in [6.07, 6.45) is 1.96. The molecular weight excluding hydrogens is 178 g/mol. The average molecular weight is 186 g/mol. The quantitative estimate of drug-likeness (QED) is 0.725. The van der Waals surface area contributed by atoms with Crippen LogP contribution in [0.15, 0.2) is 6.07 Å². The van der Waals surface area contributed by atoms with E-state index in [0.29, 0.717) is 5.02 Å². The largest absolute Gasteiger partial charge is 0.477 e. The monoisotopic (exact) mass is 185 g/mol. The van der Waals surface area contributed by atoms with Gasteiger partial charge in [0.25, 0.3) is 0 Å². The maximum Gasteiger partial charge on any atom is 0.354 e. The first-order valence-electron chi connectivity index (χ1n) is 3.81. The zero-order valence-corrected chi connectivity index (χ0v) is 7.14. The van der Waals surface area contributed by atoms with E-state index < -0.39 is 5.97 Å². The maximum absolute atomic E-state index is 10.7. The Labute approximate surface area is 74.6 Å². The molecule has 4 heteroatoms. The van der Waals surface area contributed by atoms with Crippen LogP contribution in [0.25, 0.3) is 0 Å². The molecule has 1 aliphatic heterocycles. The van der Waals surface area contributed by atoms with Crippen molar-refractivity contribution in [3.63, 3.8) is 0 Å². The lowest BCUT2D eigenvalue weighted by Crippen LogP contribution is -2.06. The molecular formula is C8H8ClNO2. The van der Waals surface area contributed by atoms with Crippen LogP contribution in [0.1, 0.15) is 22.6 Å². The Morgan fingerprint density at radius 1 is 1.67 bits per heavy atom. The zero-order chi connectivity index (χ0) is 8.72.